The molecular formula is C15H28O. The molecule has 0 aromatic heterocycles. The molecule has 2 aliphatic rings. The number of ether oxygens (including phenoxy) is 1. The summed E-state index contributed by atoms with van der Waals surface area (Å²) in [4.78, 5) is 0. The lowest BCUT2D eigenvalue weighted by molar-refractivity contribution is 0.0393. The van der Waals surface area contributed by atoms with Crippen LogP contribution < -0.4 is 0 Å². The number of hydrogen-bond acceptors (Lipinski definition) is 1. The Labute approximate surface area is 101 Å². The Morgan fingerprint density at radius 1 is 0.812 bits per heavy atom. The van der Waals surface area contributed by atoms with Gasteiger partial charge >= 0.3 is 0 Å². The van der Waals surface area contributed by atoms with Gasteiger partial charge in [0.15, 0.2) is 0 Å². The van der Waals surface area contributed by atoms with E-state index in [1.165, 1.54) is 57.8 Å². The van der Waals surface area contributed by atoms with Gasteiger partial charge in [-0.3, -0.25) is 0 Å². The van der Waals surface area contributed by atoms with Crippen LogP contribution in [-0.2, 0) is 4.74 Å². The molecule has 0 heterocycles. The Morgan fingerprint density at radius 3 is 1.75 bits per heavy atom. The van der Waals surface area contributed by atoms with E-state index in [4.69, 9.17) is 4.74 Å². The summed E-state index contributed by atoms with van der Waals surface area (Å²) in [6.07, 6.45) is 13.5. The molecule has 2 fully saturated rings. The van der Waals surface area contributed by atoms with Crippen LogP contribution in [0.25, 0.3) is 0 Å². The standard InChI is InChI=1S/C15H28O/c1-3-12-4-6-13(7-5-12)14-8-10-15(16-2)11-9-14/h12-15H,3-11H2,1-2H3/t12?,13?,14-,15-. The van der Waals surface area contributed by atoms with Crippen molar-refractivity contribution in [1.82, 2.24) is 0 Å². The van der Waals surface area contributed by atoms with Gasteiger partial charge in [-0.15, -0.1) is 0 Å². The van der Waals surface area contributed by atoms with Crippen molar-refractivity contribution < 1.29 is 4.74 Å². The van der Waals surface area contributed by atoms with Crippen LogP contribution in [-0.4, -0.2) is 13.2 Å². The first kappa shape index (κ1) is 12.4. The van der Waals surface area contributed by atoms with Crippen LogP contribution in [0.2, 0.25) is 0 Å². The summed E-state index contributed by atoms with van der Waals surface area (Å²) in [5.74, 6) is 3.14. The quantitative estimate of drug-likeness (QED) is 0.690. The lowest BCUT2D eigenvalue weighted by Crippen LogP contribution is -2.28. The molecule has 0 spiro atoms. The summed E-state index contributed by atoms with van der Waals surface area (Å²) in [6, 6.07) is 0. The molecule has 0 aliphatic heterocycles. The Kier molecular flexibility index (Phi) is 4.69. The Morgan fingerprint density at radius 2 is 1.31 bits per heavy atom. The largest absolute Gasteiger partial charge is 0.381 e. The van der Waals surface area contributed by atoms with Crippen molar-refractivity contribution in [1.29, 1.82) is 0 Å². The molecule has 2 rings (SSSR count). The molecule has 0 aromatic carbocycles. The summed E-state index contributed by atoms with van der Waals surface area (Å²) in [5.41, 5.74) is 0. The van der Waals surface area contributed by atoms with E-state index < -0.39 is 0 Å². The SMILES string of the molecule is CCC1CCC([C@H]2CC[C@H](OC)CC2)CC1. The summed E-state index contributed by atoms with van der Waals surface area (Å²) >= 11 is 0. The second-order valence-electron chi connectivity index (χ2n) is 5.96. The minimum absolute atomic E-state index is 0.572. The number of hydrogen-bond donors (Lipinski definition) is 0. The second kappa shape index (κ2) is 6.05. The van der Waals surface area contributed by atoms with Crippen molar-refractivity contribution in [3.05, 3.63) is 0 Å². The smallest absolute Gasteiger partial charge is 0.0571 e. The number of rotatable bonds is 3. The topological polar surface area (TPSA) is 9.23 Å². The van der Waals surface area contributed by atoms with Gasteiger partial charge in [-0.2, -0.15) is 0 Å². The Hall–Kier alpha value is -0.0400. The van der Waals surface area contributed by atoms with Crippen LogP contribution in [0.3, 0.4) is 0 Å². The zero-order valence-electron chi connectivity index (χ0n) is 11.1. The predicted molar refractivity (Wildman–Crippen MR) is 68.5 cm³/mol. The van der Waals surface area contributed by atoms with Gasteiger partial charge in [-0.25, -0.2) is 0 Å². The van der Waals surface area contributed by atoms with Crippen molar-refractivity contribution >= 4 is 0 Å². The van der Waals surface area contributed by atoms with Crippen LogP contribution in [0, 0.1) is 17.8 Å². The molecule has 0 bridgehead atoms. The van der Waals surface area contributed by atoms with Gasteiger partial charge < -0.3 is 4.74 Å². The molecule has 0 saturated heterocycles. The van der Waals surface area contributed by atoms with E-state index in [9.17, 15) is 0 Å². The zero-order chi connectivity index (χ0) is 11.4. The van der Waals surface area contributed by atoms with Gasteiger partial charge in [-0.1, -0.05) is 26.2 Å². The average Bonchev–Trinajstić information content (AvgIpc) is 2.39. The van der Waals surface area contributed by atoms with Crippen LogP contribution in [0.4, 0.5) is 0 Å². The molecule has 2 saturated carbocycles. The monoisotopic (exact) mass is 224 g/mol. The summed E-state index contributed by atoms with van der Waals surface area (Å²) in [6.45, 7) is 2.36. The molecule has 0 atom stereocenters. The van der Waals surface area contributed by atoms with Crippen molar-refractivity contribution in [3.8, 4) is 0 Å². The lowest BCUT2D eigenvalue weighted by Gasteiger charge is -2.37. The normalized spacial score (nSPS) is 40.9. The Bertz CT molecular complexity index is 164. The third-order valence-corrected chi connectivity index (χ3v) is 5.19. The summed E-state index contributed by atoms with van der Waals surface area (Å²) in [5, 5.41) is 0. The van der Waals surface area contributed by atoms with E-state index in [0.29, 0.717) is 6.10 Å². The van der Waals surface area contributed by atoms with E-state index >= 15 is 0 Å². The molecule has 0 aromatic rings. The van der Waals surface area contributed by atoms with Gasteiger partial charge in [-0.05, 0) is 56.3 Å². The molecule has 0 amide bonds. The summed E-state index contributed by atoms with van der Waals surface area (Å²) < 4.78 is 5.46. The van der Waals surface area contributed by atoms with E-state index in [1.807, 2.05) is 7.11 Å². The number of methoxy groups -OCH3 is 1. The van der Waals surface area contributed by atoms with E-state index in [-0.39, 0.29) is 0 Å². The maximum Gasteiger partial charge on any atom is 0.0571 e. The molecule has 94 valence electrons. The second-order valence-corrected chi connectivity index (χ2v) is 5.96. The zero-order valence-corrected chi connectivity index (χ0v) is 11.1. The maximum atomic E-state index is 5.46. The summed E-state index contributed by atoms with van der Waals surface area (Å²) in [7, 11) is 1.87. The molecule has 1 heteroatoms. The first-order valence-corrected chi connectivity index (χ1v) is 7.36. The third-order valence-electron chi connectivity index (χ3n) is 5.19. The molecule has 0 unspecified atom stereocenters. The van der Waals surface area contributed by atoms with Crippen molar-refractivity contribution in [2.24, 2.45) is 17.8 Å². The van der Waals surface area contributed by atoms with E-state index in [2.05, 4.69) is 6.92 Å². The minimum Gasteiger partial charge on any atom is -0.381 e. The van der Waals surface area contributed by atoms with E-state index in [0.717, 1.165) is 17.8 Å². The van der Waals surface area contributed by atoms with Crippen molar-refractivity contribution in [2.75, 3.05) is 7.11 Å². The lowest BCUT2D eigenvalue weighted by atomic mass is 9.70. The first-order valence-electron chi connectivity index (χ1n) is 7.36. The van der Waals surface area contributed by atoms with Gasteiger partial charge in [0.1, 0.15) is 0 Å². The van der Waals surface area contributed by atoms with E-state index in [1.54, 1.807) is 0 Å². The fraction of sp³-hybridized carbons (Fsp3) is 1.00. The van der Waals surface area contributed by atoms with Crippen LogP contribution >= 0.6 is 0 Å². The first-order chi connectivity index (χ1) is 7.83. The highest BCUT2D eigenvalue weighted by Gasteiger charge is 2.30. The maximum absolute atomic E-state index is 5.46. The van der Waals surface area contributed by atoms with Crippen molar-refractivity contribution in [3.63, 3.8) is 0 Å². The molecule has 16 heavy (non-hydrogen) atoms. The highest BCUT2D eigenvalue weighted by Crippen LogP contribution is 2.40. The van der Waals surface area contributed by atoms with Crippen LogP contribution in [0.15, 0.2) is 0 Å². The highest BCUT2D eigenvalue weighted by molar-refractivity contribution is 4.81. The third kappa shape index (κ3) is 3.00. The average molecular weight is 224 g/mol. The van der Waals surface area contributed by atoms with Crippen LogP contribution in [0.1, 0.15) is 64.7 Å². The minimum atomic E-state index is 0.572. The fourth-order valence-electron chi connectivity index (χ4n) is 3.86. The molecule has 0 N–H and O–H groups in total. The van der Waals surface area contributed by atoms with Gasteiger partial charge in [0, 0.05) is 7.11 Å². The fourth-order valence-corrected chi connectivity index (χ4v) is 3.86. The molecule has 0 radical (unpaired) electrons. The highest BCUT2D eigenvalue weighted by atomic mass is 16.5. The Balaban J connectivity index is 1.73. The molecule has 1 nitrogen and oxygen atoms in total. The van der Waals surface area contributed by atoms with Crippen LogP contribution in [0.5, 0.6) is 0 Å². The molecular weight excluding hydrogens is 196 g/mol. The van der Waals surface area contributed by atoms with Gasteiger partial charge in [0.25, 0.3) is 0 Å². The predicted octanol–water partition coefficient (Wildman–Crippen LogP) is 4.41. The van der Waals surface area contributed by atoms with Gasteiger partial charge in [0.05, 0.1) is 6.10 Å². The molecule has 2 aliphatic carbocycles. The van der Waals surface area contributed by atoms with Gasteiger partial charge in [0.2, 0.25) is 0 Å². The van der Waals surface area contributed by atoms with Crippen molar-refractivity contribution in [2.45, 2.75) is 70.8 Å².